The van der Waals surface area contributed by atoms with Crippen molar-refractivity contribution >= 4 is 77.8 Å². The molecule has 3 unspecified atom stereocenters. The van der Waals surface area contributed by atoms with Crippen molar-refractivity contribution in [3.05, 3.63) is 0 Å². The quantitative estimate of drug-likeness (QED) is 0.0182. The standard InChI is InChI=1S/C33H75N4O20S4Si4.Ti/c1-63-57-65(3,56-62)27-9-21-55-31-33(39)29-37(13-7-25-61(49,50)51)19-17-35(11-5-23-59(43,44)45)15-14-34(10-4-22-58(40,41)42)16-18-36(12-6-24-60(46,47)48)28-32(38)30-54-20-8-26-64(2,52)53;/h32-33,38-39,52-53H,4-31H2,1-3H3,(H,40,41,42)(H,43,44,45)(H,46,47,48)(H,49,50,51);. The van der Waals surface area contributed by atoms with E-state index in [0.717, 1.165) is 0 Å². The van der Waals surface area contributed by atoms with Crippen molar-refractivity contribution < 1.29 is 111 Å². The van der Waals surface area contributed by atoms with Crippen LogP contribution >= 0.6 is 0 Å². The van der Waals surface area contributed by atoms with E-state index in [1.165, 1.54) is 6.55 Å². The van der Waals surface area contributed by atoms with Crippen molar-refractivity contribution in [3.8, 4) is 0 Å². The molecule has 0 saturated carbocycles. The molecule has 0 bridgehead atoms. The van der Waals surface area contributed by atoms with E-state index in [0.29, 0.717) is 25.5 Å². The first kappa shape index (κ1) is 68.8. The Kier molecular flexibility index (Phi) is 37.3. The normalized spacial score (nSPS) is 15.2. The number of rotatable bonds is 44. The number of aliphatic hydroxyl groups excluding tert-OH is 2. The molecule has 0 aliphatic rings. The minimum atomic E-state index is -4.31. The summed E-state index contributed by atoms with van der Waals surface area (Å²) in [5.41, 5.74) is 0. The van der Waals surface area contributed by atoms with Gasteiger partial charge in [-0.3, -0.25) is 28.0 Å². The van der Waals surface area contributed by atoms with Crippen LogP contribution in [0.4, 0.5) is 0 Å². The number of aliphatic hydroxyl groups is 2. The van der Waals surface area contributed by atoms with E-state index in [9.17, 15) is 71.7 Å². The van der Waals surface area contributed by atoms with Crippen molar-refractivity contribution in [1.82, 2.24) is 19.6 Å². The maximum Gasteiger partial charge on any atom is 0.329 e. The van der Waals surface area contributed by atoms with Gasteiger partial charge >= 0.3 is 17.1 Å². The maximum atomic E-state index is 11.6. The van der Waals surface area contributed by atoms with E-state index in [1.807, 2.05) is 22.9 Å². The van der Waals surface area contributed by atoms with Crippen molar-refractivity contribution in [2.24, 2.45) is 0 Å². The molecule has 0 amide bonds. The molecule has 0 rings (SSSR count). The SMILES string of the molecule is C[Si]O[Si](C)(CCCOCC(O)CN(CCCS(=O)(=O)O)CCN(CCCS(=O)(=O)O)CCN(CCCS(=O)(=O)O)CCN(CCCS(=O)(=O)O)CC(O)COCCC[Si](C)(O)O)O[Si].[Ti]. The van der Waals surface area contributed by atoms with Gasteiger partial charge in [0.2, 0.25) is 20.2 Å². The summed E-state index contributed by atoms with van der Waals surface area (Å²) in [5.74, 6) is -2.16. The minimum Gasteiger partial charge on any atom is -0.437 e. The molecule has 0 fully saturated rings. The molecular weight excluding hydrogens is 1060 g/mol. The van der Waals surface area contributed by atoms with Crippen LogP contribution in [0.15, 0.2) is 0 Å². The van der Waals surface area contributed by atoms with E-state index in [-0.39, 0.29) is 162 Å². The van der Waals surface area contributed by atoms with Gasteiger partial charge in [0, 0.05) is 87.3 Å². The smallest absolute Gasteiger partial charge is 0.329 e. The van der Waals surface area contributed by atoms with Crippen LogP contribution in [0.1, 0.15) is 38.5 Å². The second-order valence-corrected chi connectivity index (χ2v) is 30.3. The molecule has 0 aliphatic carbocycles. The molecular formula is C33H75N4O20S4Si4Ti. The van der Waals surface area contributed by atoms with Crippen molar-refractivity contribution in [1.29, 1.82) is 0 Å². The summed E-state index contributed by atoms with van der Waals surface area (Å²) < 4.78 is 152. The first-order valence-electron chi connectivity index (χ1n) is 21.3. The summed E-state index contributed by atoms with van der Waals surface area (Å²) in [6.07, 6.45) is -0.984. The molecule has 0 aromatic rings. The van der Waals surface area contributed by atoms with Gasteiger partial charge in [0.1, 0.15) is 0 Å². The minimum absolute atomic E-state index is 0. The fraction of sp³-hybridized carbons (Fsp3) is 1.00. The van der Waals surface area contributed by atoms with E-state index in [2.05, 4.69) is 10.5 Å². The monoisotopic (exact) mass is 1140 g/mol. The van der Waals surface area contributed by atoms with Gasteiger partial charge in [0.15, 0.2) is 0 Å². The summed E-state index contributed by atoms with van der Waals surface area (Å²) in [4.78, 5) is 26.5. The molecule has 3 atom stereocenters. The Balaban J connectivity index is 0. The topological polar surface area (TPSA) is 348 Å². The second kappa shape index (κ2) is 35.8. The number of nitrogens with zero attached hydrogens (tertiary/aromatic N) is 4. The van der Waals surface area contributed by atoms with Crippen LogP contribution in [-0.4, -0.2) is 269 Å². The Morgan fingerprint density at radius 1 is 0.530 bits per heavy atom. The van der Waals surface area contributed by atoms with E-state index in [4.69, 9.17) is 17.7 Å². The van der Waals surface area contributed by atoms with Gasteiger partial charge < -0.3 is 47.3 Å². The van der Waals surface area contributed by atoms with Crippen LogP contribution in [-0.2, 0) is 79.9 Å². The van der Waals surface area contributed by atoms with Crippen LogP contribution in [0, 0.1) is 0 Å². The Labute approximate surface area is 416 Å². The Hall–Kier alpha value is 0.742. The van der Waals surface area contributed by atoms with Crippen molar-refractivity contribution in [2.75, 3.05) is 128 Å². The predicted molar refractivity (Wildman–Crippen MR) is 250 cm³/mol. The first-order chi connectivity index (χ1) is 29.9. The van der Waals surface area contributed by atoms with Gasteiger partial charge in [-0.25, -0.2) is 0 Å². The zero-order chi connectivity index (χ0) is 49.8. The van der Waals surface area contributed by atoms with E-state index >= 15 is 0 Å². The molecule has 33 heteroatoms. The molecule has 391 valence electrons. The third-order valence-corrected chi connectivity index (χ3v) is 19.7. The van der Waals surface area contributed by atoms with Gasteiger partial charge in [0.05, 0.1) is 48.4 Å². The Morgan fingerprint density at radius 2 is 0.833 bits per heavy atom. The molecule has 5 radical (unpaired) electrons. The molecule has 0 aliphatic heterocycles. The number of hydrogen-bond acceptors (Lipinski definition) is 20. The summed E-state index contributed by atoms with van der Waals surface area (Å²) in [6.45, 7) is 7.62. The molecule has 0 aromatic carbocycles. The van der Waals surface area contributed by atoms with Gasteiger partial charge in [-0.1, -0.05) is 0 Å². The maximum absolute atomic E-state index is 11.6. The second-order valence-electron chi connectivity index (χ2n) is 16.3. The molecule has 24 nitrogen and oxygen atoms in total. The van der Waals surface area contributed by atoms with Gasteiger partial charge in [-0.2, -0.15) is 33.7 Å². The van der Waals surface area contributed by atoms with Crippen LogP contribution < -0.4 is 0 Å². The zero-order valence-electron chi connectivity index (χ0n) is 38.4. The van der Waals surface area contributed by atoms with Gasteiger partial charge in [-0.15, -0.1) is 0 Å². The molecule has 8 N–H and O–H groups in total. The largest absolute Gasteiger partial charge is 0.437 e. The van der Waals surface area contributed by atoms with Crippen LogP contribution in [0.25, 0.3) is 0 Å². The van der Waals surface area contributed by atoms with Gasteiger partial charge in [0.25, 0.3) is 40.5 Å². The van der Waals surface area contributed by atoms with E-state index in [1.54, 1.807) is 9.80 Å². The van der Waals surface area contributed by atoms with Crippen LogP contribution in [0.3, 0.4) is 0 Å². The third-order valence-electron chi connectivity index (χ3n) is 9.65. The summed E-state index contributed by atoms with van der Waals surface area (Å²) in [7, 11) is -19.5. The number of ether oxygens (including phenoxy) is 2. The molecule has 0 heterocycles. The fourth-order valence-corrected chi connectivity index (χ4v) is 13.1. The summed E-state index contributed by atoms with van der Waals surface area (Å²) in [6, 6.07) is 0.812. The van der Waals surface area contributed by atoms with Crippen molar-refractivity contribution in [3.63, 3.8) is 0 Å². The molecule has 0 spiro atoms. The summed E-state index contributed by atoms with van der Waals surface area (Å²) in [5, 5.41) is 21.6. The Bertz CT molecular complexity index is 1720. The Morgan fingerprint density at radius 3 is 1.12 bits per heavy atom. The number of hydrogen-bond donors (Lipinski definition) is 8. The average Bonchev–Trinajstić information content (AvgIpc) is 3.14. The fourth-order valence-electron chi connectivity index (χ4n) is 6.47. The van der Waals surface area contributed by atoms with Crippen LogP contribution in [0.2, 0.25) is 31.7 Å². The third kappa shape index (κ3) is 44.7. The summed E-state index contributed by atoms with van der Waals surface area (Å²) >= 11 is 0. The first-order valence-corrected chi connectivity index (χ1v) is 34.7. The van der Waals surface area contributed by atoms with Crippen molar-refractivity contribution in [2.45, 2.75) is 82.5 Å². The zero-order valence-corrected chi connectivity index (χ0v) is 47.2. The van der Waals surface area contributed by atoms with Gasteiger partial charge in [-0.05, 0) is 96.4 Å². The molecule has 66 heavy (non-hydrogen) atoms. The van der Waals surface area contributed by atoms with Crippen LogP contribution in [0.5, 0.6) is 0 Å². The average molecular weight is 1140 g/mol. The van der Waals surface area contributed by atoms with E-state index < -0.39 is 92.8 Å². The molecule has 0 saturated heterocycles. The predicted octanol–water partition coefficient (Wildman–Crippen LogP) is -2.25. The molecule has 0 aromatic heterocycles.